The molecule has 0 spiro atoms. The summed E-state index contributed by atoms with van der Waals surface area (Å²) in [4.78, 5) is 10.1. The fourth-order valence-corrected chi connectivity index (χ4v) is 5.02. The van der Waals surface area contributed by atoms with Gasteiger partial charge in [-0.25, -0.2) is 9.37 Å². The minimum atomic E-state index is -0.516. The molecule has 9 nitrogen and oxygen atoms in total. The molecule has 2 aliphatic heterocycles. The van der Waals surface area contributed by atoms with Gasteiger partial charge in [-0.1, -0.05) is 29.3 Å². The Morgan fingerprint density at radius 1 is 1.27 bits per heavy atom. The number of imidazole rings is 1. The van der Waals surface area contributed by atoms with Crippen LogP contribution >= 0.6 is 23.2 Å². The second-order valence-electron chi connectivity index (χ2n) is 7.97. The number of aromatic nitrogens is 8. The molecule has 33 heavy (non-hydrogen) atoms. The van der Waals surface area contributed by atoms with E-state index in [-0.39, 0.29) is 23.5 Å². The van der Waals surface area contributed by atoms with Crippen molar-refractivity contribution >= 4 is 28.8 Å². The monoisotopic (exact) mass is 486 g/mol. The Kier molecular flexibility index (Phi) is 4.73. The topological polar surface area (TPSA) is 104 Å². The van der Waals surface area contributed by atoms with Gasteiger partial charge >= 0.3 is 0 Å². The molecule has 5 heterocycles. The van der Waals surface area contributed by atoms with Crippen LogP contribution in [0, 0.1) is 5.82 Å². The number of hydrogen-bond acceptors (Lipinski definition) is 6. The van der Waals surface area contributed by atoms with Crippen LogP contribution in [0.15, 0.2) is 36.9 Å². The number of tetrazole rings is 1. The first-order chi connectivity index (χ1) is 16.5. The van der Waals surface area contributed by atoms with Gasteiger partial charge in [-0.2, -0.15) is 9.78 Å². The maximum absolute atomic E-state index is 15.2. The van der Waals surface area contributed by atoms with Crippen LogP contribution in [0.2, 0.25) is 10.2 Å². The number of benzene rings is 1. The zero-order chi connectivity index (χ0) is 23.4. The van der Waals surface area contributed by atoms with Crippen LogP contribution in [0.5, 0.6) is 0 Å². The number of halogens is 3. The van der Waals surface area contributed by atoms with E-state index in [1.807, 2.05) is 6.08 Å². The molecule has 168 valence electrons. The molecule has 1 aromatic carbocycles. The highest BCUT2D eigenvalue weighted by atomic mass is 35.5. The van der Waals surface area contributed by atoms with Crippen molar-refractivity contribution in [2.75, 3.05) is 6.54 Å². The minimum Gasteiger partial charge on any atom is -0.341 e. The first kappa shape index (κ1) is 19.4. The molecule has 0 bridgehead atoms. The zero-order valence-electron chi connectivity index (χ0n) is 18.1. The van der Waals surface area contributed by atoms with Gasteiger partial charge in [-0.3, -0.25) is 10.00 Å². The maximum Gasteiger partial charge on any atom is 0.160 e. The highest BCUT2D eigenvalue weighted by molar-refractivity contribution is 6.32. The first-order valence-corrected chi connectivity index (χ1v) is 11.1. The van der Waals surface area contributed by atoms with Crippen LogP contribution in [-0.4, -0.2) is 57.9 Å². The maximum atomic E-state index is 15.2. The van der Waals surface area contributed by atoms with Gasteiger partial charge in [-0.15, -0.1) is 5.10 Å². The fraction of sp³-hybridized carbons (Fsp3) is 0.286. The highest BCUT2D eigenvalue weighted by Crippen LogP contribution is 2.43. The Bertz CT molecular complexity index is 1380. The lowest BCUT2D eigenvalue weighted by atomic mass is 9.92. The van der Waals surface area contributed by atoms with Gasteiger partial charge < -0.3 is 4.98 Å². The average Bonchev–Trinajstić information content (AvgIpc) is 3.63. The molecule has 0 saturated carbocycles. The first-order valence-electron chi connectivity index (χ1n) is 10.9. The molecule has 1 saturated heterocycles. The van der Waals surface area contributed by atoms with Crippen molar-refractivity contribution in [1.29, 1.82) is 0 Å². The van der Waals surface area contributed by atoms with E-state index in [4.69, 9.17) is 24.6 Å². The molecule has 12 heteroatoms. The summed E-state index contributed by atoms with van der Waals surface area (Å²) < 4.78 is 25.4. The molecule has 1 unspecified atom stereocenters. The highest BCUT2D eigenvalue weighted by Gasteiger charge is 2.38. The second kappa shape index (κ2) is 8.05. The van der Waals surface area contributed by atoms with E-state index >= 15 is 4.39 Å². The van der Waals surface area contributed by atoms with Gasteiger partial charge in [0.15, 0.2) is 11.0 Å². The smallest absolute Gasteiger partial charge is 0.160 e. The van der Waals surface area contributed by atoms with Gasteiger partial charge in [0.05, 0.1) is 34.2 Å². The Morgan fingerprint density at radius 3 is 2.97 bits per heavy atom. The SMILES string of the molecule is [2H]C1C[C@@H](c2ncc(-c3c[nH]nc3Cl)[nH]2)N2CC=C(c3c(-n4cnnn4)ccc(Cl)c3F)C[C@@H]12. The molecule has 4 aromatic rings. The lowest BCUT2D eigenvalue weighted by Gasteiger charge is -2.33. The zero-order valence-corrected chi connectivity index (χ0v) is 18.6. The molecule has 2 aliphatic rings. The minimum absolute atomic E-state index is 0.0305. The van der Waals surface area contributed by atoms with Crippen LogP contribution in [0.25, 0.3) is 22.5 Å². The lowest BCUT2D eigenvalue weighted by Crippen LogP contribution is -2.35. The van der Waals surface area contributed by atoms with E-state index in [1.54, 1.807) is 18.5 Å². The van der Waals surface area contributed by atoms with Crippen molar-refractivity contribution in [3.63, 3.8) is 0 Å². The fourth-order valence-electron chi connectivity index (χ4n) is 4.66. The average molecular weight is 487 g/mol. The van der Waals surface area contributed by atoms with E-state index in [0.717, 1.165) is 22.7 Å². The number of H-pyrrole nitrogens is 2. The Balaban J connectivity index is 1.33. The summed E-state index contributed by atoms with van der Waals surface area (Å²) >= 11 is 12.3. The third kappa shape index (κ3) is 3.45. The summed E-state index contributed by atoms with van der Waals surface area (Å²) in [6, 6.07) is 3.03. The summed E-state index contributed by atoms with van der Waals surface area (Å²) in [5.74, 6) is 0.255. The van der Waals surface area contributed by atoms with E-state index in [0.29, 0.717) is 35.8 Å². The van der Waals surface area contributed by atoms with Crippen molar-refractivity contribution in [2.45, 2.75) is 31.3 Å². The second-order valence-corrected chi connectivity index (χ2v) is 8.73. The standard InChI is InChI=1S/C21H18Cl2FN9/c22-14-2-4-16(33-10-27-30-31-33)18(19(14)24)11-5-6-32-12(7-11)1-3-17(32)21-25-9-15(28-21)13-8-26-29-20(13)23/h2,4-5,8-10,12,17H,1,3,6-7H2,(H,25,28)(H,26,29)/t12-,17+/m1/s1/i1D/t1?,12-,17+. The molecule has 3 atom stereocenters. The van der Waals surface area contributed by atoms with Crippen LogP contribution < -0.4 is 0 Å². The Labute approximate surface area is 199 Å². The number of hydrogen-bond donors (Lipinski definition) is 2. The number of nitrogens with zero attached hydrogens (tertiary/aromatic N) is 7. The molecule has 2 N–H and O–H groups in total. The number of aromatic amines is 2. The predicted molar refractivity (Wildman–Crippen MR) is 120 cm³/mol. The van der Waals surface area contributed by atoms with Gasteiger partial charge in [-0.05, 0) is 47.4 Å². The van der Waals surface area contributed by atoms with Crippen molar-refractivity contribution in [1.82, 2.24) is 45.3 Å². The molecule has 3 aromatic heterocycles. The molecule has 0 aliphatic carbocycles. The van der Waals surface area contributed by atoms with Crippen molar-refractivity contribution < 1.29 is 5.76 Å². The predicted octanol–water partition coefficient (Wildman–Crippen LogP) is 4.21. The van der Waals surface area contributed by atoms with E-state index in [2.05, 4.69) is 40.6 Å². The van der Waals surface area contributed by atoms with Crippen LogP contribution in [-0.2, 0) is 0 Å². The number of nitrogens with one attached hydrogen (secondary N) is 2. The Morgan fingerprint density at radius 2 is 2.18 bits per heavy atom. The molecular formula is C21H18Cl2FN9. The molecular weight excluding hydrogens is 468 g/mol. The quantitative estimate of drug-likeness (QED) is 0.447. The van der Waals surface area contributed by atoms with Crippen LogP contribution in [0.3, 0.4) is 0 Å². The number of fused-ring (bicyclic) bond motifs is 1. The van der Waals surface area contributed by atoms with E-state index in [9.17, 15) is 0 Å². The normalized spacial score (nSPS) is 23.4. The van der Waals surface area contributed by atoms with Crippen LogP contribution in [0.4, 0.5) is 4.39 Å². The van der Waals surface area contributed by atoms with Gasteiger partial charge in [0.1, 0.15) is 12.2 Å². The van der Waals surface area contributed by atoms with E-state index in [1.165, 1.54) is 17.1 Å². The van der Waals surface area contributed by atoms with Gasteiger partial charge in [0.25, 0.3) is 0 Å². The Hall–Kier alpha value is -3.08. The lowest BCUT2D eigenvalue weighted by molar-refractivity contribution is 0.205. The summed E-state index contributed by atoms with van der Waals surface area (Å²) in [6.45, 7) is 0.545. The largest absolute Gasteiger partial charge is 0.341 e. The molecule has 1 fully saturated rings. The summed E-state index contributed by atoms with van der Waals surface area (Å²) in [6.07, 6.45) is 7.58. The molecule has 0 amide bonds. The number of rotatable bonds is 4. The summed E-state index contributed by atoms with van der Waals surface area (Å²) in [5, 5.41) is 18.3. The van der Waals surface area contributed by atoms with Crippen molar-refractivity contribution in [3.8, 4) is 16.9 Å². The van der Waals surface area contributed by atoms with E-state index < -0.39 is 5.82 Å². The summed E-state index contributed by atoms with van der Waals surface area (Å²) in [5.41, 5.74) is 3.17. The summed E-state index contributed by atoms with van der Waals surface area (Å²) in [7, 11) is 0. The molecule has 6 rings (SSSR count). The molecule has 0 radical (unpaired) electrons. The van der Waals surface area contributed by atoms with Crippen molar-refractivity contribution in [3.05, 3.63) is 64.3 Å². The van der Waals surface area contributed by atoms with Crippen LogP contribution in [0.1, 0.15) is 38.0 Å². The van der Waals surface area contributed by atoms with Gasteiger partial charge in [0.2, 0.25) is 0 Å². The third-order valence-electron chi connectivity index (χ3n) is 6.22. The van der Waals surface area contributed by atoms with Gasteiger partial charge in [0, 0.05) is 25.7 Å². The van der Waals surface area contributed by atoms with Crippen molar-refractivity contribution in [2.24, 2.45) is 0 Å². The third-order valence-corrected chi connectivity index (χ3v) is 6.80.